The number of halogens is 1. The minimum absolute atomic E-state index is 0.217. The highest BCUT2D eigenvalue weighted by Gasteiger charge is 2.23. The van der Waals surface area contributed by atoms with Crippen molar-refractivity contribution in [1.82, 2.24) is 7.42 Å². The van der Waals surface area contributed by atoms with Crippen LogP contribution in [0.25, 0.3) is 0 Å². The van der Waals surface area contributed by atoms with Gasteiger partial charge in [0.15, 0.2) is 0 Å². The minimum atomic E-state index is -2.94. The van der Waals surface area contributed by atoms with Crippen LogP contribution in [-0.4, -0.2) is 47.8 Å². The summed E-state index contributed by atoms with van der Waals surface area (Å²) in [4.78, 5) is 0. The van der Waals surface area contributed by atoms with E-state index in [0.29, 0.717) is 13.1 Å². The highest BCUT2D eigenvalue weighted by molar-refractivity contribution is 14.1. The summed E-state index contributed by atoms with van der Waals surface area (Å²) in [5, 5.41) is 0. The number of sulfonamides is 1. The van der Waals surface area contributed by atoms with E-state index in [0.717, 1.165) is 13.1 Å². The lowest BCUT2D eigenvalue weighted by Gasteiger charge is -2.29. The van der Waals surface area contributed by atoms with Crippen LogP contribution >= 0.6 is 22.9 Å². The van der Waals surface area contributed by atoms with Gasteiger partial charge in [-0.25, -0.2) is 11.5 Å². The maximum absolute atomic E-state index is 11.4. The second-order valence-electron chi connectivity index (χ2n) is 2.71. The zero-order chi connectivity index (χ0) is 9.19. The van der Waals surface area contributed by atoms with Crippen molar-refractivity contribution in [3.05, 3.63) is 0 Å². The molecule has 0 aromatic rings. The molecule has 1 aliphatic rings. The first-order valence-corrected chi connectivity index (χ1v) is 6.52. The van der Waals surface area contributed by atoms with Crippen molar-refractivity contribution in [3.8, 4) is 0 Å². The molecule has 0 aliphatic carbocycles. The van der Waals surface area contributed by atoms with Crippen molar-refractivity contribution in [1.29, 1.82) is 0 Å². The van der Waals surface area contributed by atoms with Gasteiger partial charge in [-0.1, -0.05) is 0 Å². The van der Waals surface area contributed by atoms with Gasteiger partial charge in [-0.15, -0.1) is 0 Å². The van der Waals surface area contributed by atoms with E-state index in [1.807, 2.05) is 0 Å². The molecule has 6 heteroatoms. The molecule has 0 amide bonds. The van der Waals surface area contributed by atoms with Crippen LogP contribution in [0.5, 0.6) is 0 Å². The summed E-state index contributed by atoms with van der Waals surface area (Å²) in [5.41, 5.74) is 0. The molecule has 0 aromatic carbocycles. The SMILES string of the molecule is CCS(=O)(=O)N1CCN(I)CC1. The average Bonchev–Trinajstić information content (AvgIpc) is 2.05. The molecule has 72 valence electrons. The van der Waals surface area contributed by atoms with E-state index >= 15 is 0 Å². The molecule has 12 heavy (non-hydrogen) atoms. The molecule has 0 atom stereocenters. The Morgan fingerprint density at radius 1 is 1.25 bits per heavy atom. The standard InChI is InChI=1S/C6H13IN2O2S/c1-2-12(10,11)9-5-3-8(7)4-6-9/h2-6H2,1H3. The third-order valence-electron chi connectivity index (χ3n) is 1.94. The smallest absolute Gasteiger partial charge is 0.213 e. The summed E-state index contributed by atoms with van der Waals surface area (Å²) in [6.45, 7) is 4.63. The van der Waals surface area contributed by atoms with Crippen LogP contribution in [-0.2, 0) is 10.0 Å². The summed E-state index contributed by atoms with van der Waals surface area (Å²) >= 11 is 2.22. The van der Waals surface area contributed by atoms with Gasteiger partial charge >= 0.3 is 0 Å². The van der Waals surface area contributed by atoms with Crippen LogP contribution in [0.2, 0.25) is 0 Å². The second-order valence-corrected chi connectivity index (χ2v) is 6.33. The second kappa shape index (κ2) is 4.21. The Balaban J connectivity index is 2.56. The van der Waals surface area contributed by atoms with E-state index in [1.165, 1.54) is 0 Å². The van der Waals surface area contributed by atoms with Crippen LogP contribution in [0.3, 0.4) is 0 Å². The van der Waals surface area contributed by atoms with Crippen molar-refractivity contribution in [3.63, 3.8) is 0 Å². The van der Waals surface area contributed by atoms with Gasteiger partial charge in [-0.2, -0.15) is 4.31 Å². The first-order chi connectivity index (χ1) is 5.56. The summed E-state index contributed by atoms with van der Waals surface area (Å²) in [7, 11) is -2.94. The minimum Gasteiger partial charge on any atom is -0.245 e. The number of hydrogen-bond acceptors (Lipinski definition) is 3. The predicted octanol–water partition coefficient (Wildman–Crippen LogP) is 0.304. The van der Waals surface area contributed by atoms with E-state index in [-0.39, 0.29) is 5.75 Å². The van der Waals surface area contributed by atoms with Gasteiger partial charge in [-0.05, 0) is 6.92 Å². The van der Waals surface area contributed by atoms with E-state index < -0.39 is 10.0 Å². The van der Waals surface area contributed by atoms with Crippen molar-refractivity contribution in [2.45, 2.75) is 6.92 Å². The topological polar surface area (TPSA) is 40.6 Å². The largest absolute Gasteiger partial charge is 0.245 e. The number of rotatable bonds is 2. The van der Waals surface area contributed by atoms with E-state index in [1.54, 1.807) is 11.2 Å². The maximum Gasteiger partial charge on any atom is 0.213 e. The van der Waals surface area contributed by atoms with Crippen molar-refractivity contribution < 1.29 is 8.42 Å². The Morgan fingerprint density at radius 3 is 2.17 bits per heavy atom. The Morgan fingerprint density at radius 2 is 1.75 bits per heavy atom. The van der Waals surface area contributed by atoms with Gasteiger partial charge < -0.3 is 0 Å². The normalized spacial score (nSPS) is 22.8. The van der Waals surface area contributed by atoms with E-state index in [9.17, 15) is 8.42 Å². The zero-order valence-electron chi connectivity index (χ0n) is 7.03. The number of hydrogen-bond donors (Lipinski definition) is 0. The molecule has 0 aromatic heterocycles. The van der Waals surface area contributed by atoms with Crippen LogP contribution < -0.4 is 0 Å². The van der Waals surface area contributed by atoms with Crippen LogP contribution in [0, 0.1) is 0 Å². The van der Waals surface area contributed by atoms with Gasteiger partial charge in [0.2, 0.25) is 10.0 Å². The summed E-state index contributed by atoms with van der Waals surface area (Å²) < 4.78 is 26.4. The molecule has 0 saturated carbocycles. The molecular weight excluding hydrogens is 291 g/mol. The van der Waals surface area contributed by atoms with Gasteiger partial charge in [0.05, 0.1) is 5.75 Å². The van der Waals surface area contributed by atoms with Gasteiger partial charge in [0, 0.05) is 49.0 Å². The van der Waals surface area contributed by atoms with E-state index in [2.05, 4.69) is 26.0 Å². The molecule has 0 bridgehead atoms. The lowest BCUT2D eigenvalue weighted by atomic mass is 10.4. The quantitative estimate of drug-likeness (QED) is 0.544. The van der Waals surface area contributed by atoms with Crippen LogP contribution in [0.4, 0.5) is 0 Å². The predicted molar refractivity (Wildman–Crippen MR) is 56.6 cm³/mol. The Labute approximate surface area is 87.5 Å². The summed E-state index contributed by atoms with van der Waals surface area (Å²) in [6, 6.07) is 0. The molecule has 1 rings (SSSR count). The molecule has 1 aliphatic heterocycles. The number of piperazine rings is 1. The third-order valence-corrected chi connectivity index (χ3v) is 4.79. The number of nitrogens with zero attached hydrogens (tertiary/aromatic N) is 2. The first kappa shape index (κ1) is 10.7. The molecule has 4 nitrogen and oxygen atoms in total. The van der Waals surface area contributed by atoms with Crippen LogP contribution in [0.1, 0.15) is 6.92 Å². The van der Waals surface area contributed by atoms with Crippen LogP contribution in [0.15, 0.2) is 0 Å². The molecule has 1 heterocycles. The first-order valence-electron chi connectivity index (χ1n) is 3.95. The monoisotopic (exact) mass is 304 g/mol. The van der Waals surface area contributed by atoms with Crippen molar-refractivity contribution >= 4 is 32.9 Å². The fourth-order valence-electron chi connectivity index (χ4n) is 1.12. The summed E-state index contributed by atoms with van der Waals surface area (Å²) in [5.74, 6) is 0.217. The van der Waals surface area contributed by atoms with Gasteiger partial charge in [-0.3, -0.25) is 0 Å². The Kier molecular flexibility index (Phi) is 3.74. The molecular formula is C6H13IN2O2S. The highest BCUT2D eigenvalue weighted by Crippen LogP contribution is 2.10. The van der Waals surface area contributed by atoms with Crippen molar-refractivity contribution in [2.24, 2.45) is 0 Å². The highest BCUT2D eigenvalue weighted by atomic mass is 127. The molecule has 1 fully saturated rings. The lowest BCUT2D eigenvalue weighted by Crippen LogP contribution is -2.45. The lowest BCUT2D eigenvalue weighted by molar-refractivity contribution is 0.304. The zero-order valence-corrected chi connectivity index (χ0v) is 10.0. The molecule has 0 spiro atoms. The Hall–Kier alpha value is 0.600. The van der Waals surface area contributed by atoms with E-state index in [4.69, 9.17) is 0 Å². The molecule has 0 radical (unpaired) electrons. The molecule has 0 unspecified atom stereocenters. The van der Waals surface area contributed by atoms with Crippen molar-refractivity contribution in [2.75, 3.05) is 31.9 Å². The van der Waals surface area contributed by atoms with Gasteiger partial charge in [0.25, 0.3) is 0 Å². The molecule has 0 N–H and O–H groups in total. The third kappa shape index (κ3) is 2.54. The van der Waals surface area contributed by atoms with Gasteiger partial charge in [0.1, 0.15) is 0 Å². The fourth-order valence-corrected chi connectivity index (χ4v) is 2.64. The fraction of sp³-hybridized carbons (Fsp3) is 1.00. The average molecular weight is 304 g/mol. The Bertz CT molecular complexity index is 234. The summed E-state index contributed by atoms with van der Waals surface area (Å²) in [6.07, 6.45) is 0. The molecule has 1 saturated heterocycles. The maximum atomic E-state index is 11.4.